The fourth-order valence-electron chi connectivity index (χ4n) is 2.13. The van der Waals surface area contributed by atoms with Gasteiger partial charge in [0.1, 0.15) is 16.3 Å². The number of ether oxygens (including phenoxy) is 2. The van der Waals surface area contributed by atoms with Crippen LogP contribution in [0.15, 0.2) is 72.1 Å². The molecule has 2 aromatic carbocycles. The Hall–Kier alpha value is -2.92. The number of nitrogens with zero attached hydrogens (tertiary/aromatic N) is 2. The average molecular weight is 320 g/mol. The molecule has 0 saturated heterocycles. The van der Waals surface area contributed by atoms with E-state index in [2.05, 4.69) is 9.97 Å². The zero-order chi connectivity index (χ0) is 15.5. The van der Waals surface area contributed by atoms with E-state index in [1.165, 1.54) is 11.3 Å². The second-order valence-corrected chi connectivity index (χ2v) is 5.68. The summed E-state index contributed by atoms with van der Waals surface area (Å²) in [5, 5.41) is 2.84. The number of aromatic nitrogens is 2. The van der Waals surface area contributed by atoms with E-state index >= 15 is 0 Å². The number of benzene rings is 2. The Bertz CT molecular complexity index is 924. The Labute approximate surface area is 137 Å². The summed E-state index contributed by atoms with van der Waals surface area (Å²) in [5.41, 5.74) is 0. The highest BCUT2D eigenvalue weighted by Gasteiger charge is 2.12. The summed E-state index contributed by atoms with van der Waals surface area (Å²) in [7, 11) is 0. The Balaban J connectivity index is 1.72. The largest absolute Gasteiger partial charge is 0.438 e. The molecule has 0 bridgehead atoms. The van der Waals surface area contributed by atoms with Crippen LogP contribution in [0.2, 0.25) is 0 Å². The first-order chi connectivity index (χ1) is 11.4. The van der Waals surface area contributed by atoms with Gasteiger partial charge in [0, 0.05) is 0 Å². The number of hydrogen-bond acceptors (Lipinski definition) is 5. The van der Waals surface area contributed by atoms with Crippen LogP contribution in [0.25, 0.3) is 10.2 Å². The van der Waals surface area contributed by atoms with Crippen molar-refractivity contribution in [3.05, 3.63) is 72.1 Å². The minimum Gasteiger partial charge on any atom is -0.438 e. The van der Waals surface area contributed by atoms with Crippen LogP contribution < -0.4 is 9.47 Å². The fraction of sp³-hybridized carbons (Fsp3) is 0. The van der Waals surface area contributed by atoms with Crippen molar-refractivity contribution in [2.24, 2.45) is 0 Å². The van der Waals surface area contributed by atoms with Crippen LogP contribution in [0.3, 0.4) is 0 Å². The monoisotopic (exact) mass is 320 g/mol. The highest BCUT2D eigenvalue weighted by atomic mass is 32.1. The van der Waals surface area contributed by atoms with E-state index in [1.54, 1.807) is 0 Å². The van der Waals surface area contributed by atoms with Crippen molar-refractivity contribution in [2.45, 2.75) is 0 Å². The first-order valence-electron chi connectivity index (χ1n) is 7.09. The normalized spacial score (nSPS) is 10.6. The molecule has 0 saturated carbocycles. The van der Waals surface area contributed by atoms with Gasteiger partial charge in [-0.05, 0) is 35.7 Å². The van der Waals surface area contributed by atoms with Crippen molar-refractivity contribution in [1.82, 2.24) is 9.97 Å². The van der Waals surface area contributed by atoms with Gasteiger partial charge in [0.2, 0.25) is 5.88 Å². The molecule has 0 aliphatic heterocycles. The minimum absolute atomic E-state index is 0.275. The second-order valence-electron chi connectivity index (χ2n) is 4.78. The lowest BCUT2D eigenvalue weighted by molar-refractivity contribution is 0.417. The summed E-state index contributed by atoms with van der Waals surface area (Å²) >= 11 is 1.53. The zero-order valence-corrected chi connectivity index (χ0v) is 12.9. The van der Waals surface area contributed by atoms with Crippen molar-refractivity contribution in [3.8, 4) is 23.4 Å². The maximum atomic E-state index is 5.90. The summed E-state index contributed by atoms with van der Waals surface area (Å²) in [6.07, 6.45) is 0. The van der Waals surface area contributed by atoms with Crippen LogP contribution in [0.5, 0.6) is 23.4 Å². The molecular formula is C18H12N2O2S. The Morgan fingerprint density at radius 3 is 2.04 bits per heavy atom. The predicted octanol–water partition coefficient (Wildman–Crippen LogP) is 5.28. The Morgan fingerprint density at radius 1 is 0.696 bits per heavy atom. The third-order valence-electron chi connectivity index (χ3n) is 3.18. The van der Waals surface area contributed by atoms with Gasteiger partial charge in [0.05, 0.1) is 5.39 Å². The molecule has 4 nitrogen and oxygen atoms in total. The van der Waals surface area contributed by atoms with E-state index in [9.17, 15) is 0 Å². The fourth-order valence-corrected chi connectivity index (χ4v) is 2.87. The number of thiophene rings is 1. The molecule has 5 heteroatoms. The number of para-hydroxylation sites is 2. The lowest BCUT2D eigenvalue weighted by Gasteiger charge is -2.08. The van der Waals surface area contributed by atoms with Gasteiger partial charge in [-0.3, -0.25) is 0 Å². The number of hydrogen-bond donors (Lipinski definition) is 0. The molecule has 2 heterocycles. The molecule has 0 radical (unpaired) electrons. The van der Waals surface area contributed by atoms with Gasteiger partial charge in [0.15, 0.2) is 0 Å². The zero-order valence-electron chi connectivity index (χ0n) is 12.0. The van der Waals surface area contributed by atoms with Crippen LogP contribution in [0.1, 0.15) is 0 Å². The standard InChI is InChI=1S/C18H12N2O2S/c1-3-7-13(8-4-1)21-16-15-11-12-23-17(15)20-18(19-16)22-14-9-5-2-6-10-14/h1-12H. The maximum absolute atomic E-state index is 5.90. The molecule has 112 valence electrons. The van der Waals surface area contributed by atoms with E-state index in [0.29, 0.717) is 11.6 Å². The second kappa shape index (κ2) is 6.06. The molecule has 0 aliphatic carbocycles. The van der Waals surface area contributed by atoms with Crippen LogP contribution in [-0.4, -0.2) is 9.97 Å². The summed E-state index contributed by atoms with van der Waals surface area (Å²) in [6, 6.07) is 21.2. The highest BCUT2D eigenvalue weighted by Crippen LogP contribution is 2.33. The van der Waals surface area contributed by atoms with Gasteiger partial charge in [-0.15, -0.1) is 11.3 Å². The number of rotatable bonds is 4. The van der Waals surface area contributed by atoms with Gasteiger partial charge >= 0.3 is 6.01 Å². The van der Waals surface area contributed by atoms with Crippen molar-refractivity contribution < 1.29 is 9.47 Å². The molecule has 4 rings (SSSR count). The van der Waals surface area contributed by atoms with E-state index in [1.807, 2.05) is 72.1 Å². The van der Waals surface area contributed by atoms with Gasteiger partial charge in [-0.1, -0.05) is 36.4 Å². The number of fused-ring (bicyclic) bond motifs is 1. The average Bonchev–Trinajstić information content (AvgIpc) is 3.05. The quantitative estimate of drug-likeness (QED) is 0.513. The smallest absolute Gasteiger partial charge is 0.326 e. The Morgan fingerprint density at radius 2 is 1.35 bits per heavy atom. The highest BCUT2D eigenvalue weighted by molar-refractivity contribution is 7.16. The third-order valence-corrected chi connectivity index (χ3v) is 3.99. The van der Waals surface area contributed by atoms with E-state index < -0.39 is 0 Å². The molecule has 0 amide bonds. The van der Waals surface area contributed by atoms with Crippen LogP contribution in [-0.2, 0) is 0 Å². The minimum atomic E-state index is 0.275. The SMILES string of the molecule is c1ccc(Oc2nc(Oc3ccccc3)c3ccsc3n2)cc1. The van der Waals surface area contributed by atoms with Crippen molar-refractivity contribution >= 4 is 21.6 Å². The third kappa shape index (κ3) is 3.00. The summed E-state index contributed by atoms with van der Waals surface area (Å²) in [4.78, 5) is 9.68. The van der Waals surface area contributed by atoms with Gasteiger partial charge < -0.3 is 9.47 Å². The van der Waals surface area contributed by atoms with Gasteiger partial charge in [0.25, 0.3) is 0 Å². The van der Waals surface area contributed by atoms with E-state index in [0.717, 1.165) is 16.0 Å². The predicted molar refractivity (Wildman–Crippen MR) is 90.4 cm³/mol. The molecule has 2 aromatic heterocycles. The van der Waals surface area contributed by atoms with Gasteiger partial charge in [-0.25, -0.2) is 0 Å². The van der Waals surface area contributed by atoms with Crippen molar-refractivity contribution in [1.29, 1.82) is 0 Å². The van der Waals surface area contributed by atoms with Gasteiger partial charge in [-0.2, -0.15) is 9.97 Å². The first kappa shape index (κ1) is 13.7. The molecule has 4 aromatic rings. The summed E-state index contributed by atoms with van der Waals surface area (Å²) < 4.78 is 11.6. The van der Waals surface area contributed by atoms with E-state index in [-0.39, 0.29) is 6.01 Å². The summed E-state index contributed by atoms with van der Waals surface area (Å²) in [6.45, 7) is 0. The topological polar surface area (TPSA) is 44.2 Å². The molecule has 0 fully saturated rings. The van der Waals surface area contributed by atoms with Crippen LogP contribution in [0, 0.1) is 0 Å². The first-order valence-corrected chi connectivity index (χ1v) is 7.97. The molecule has 0 N–H and O–H groups in total. The lowest BCUT2D eigenvalue weighted by atomic mass is 10.3. The van der Waals surface area contributed by atoms with Crippen molar-refractivity contribution in [2.75, 3.05) is 0 Å². The molecular weight excluding hydrogens is 308 g/mol. The maximum Gasteiger partial charge on any atom is 0.326 e. The van der Waals surface area contributed by atoms with E-state index in [4.69, 9.17) is 9.47 Å². The Kier molecular flexibility index (Phi) is 3.62. The molecule has 0 aliphatic rings. The summed E-state index contributed by atoms with van der Waals surface area (Å²) in [5.74, 6) is 1.91. The molecule has 0 atom stereocenters. The lowest BCUT2D eigenvalue weighted by Crippen LogP contribution is -1.95. The van der Waals surface area contributed by atoms with Crippen LogP contribution in [0.4, 0.5) is 0 Å². The molecule has 23 heavy (non-hydrogen) atoms. The van der Waals surface area contributed by atoms with Crippen molar-refractivity contribution in [3.63, 3.8) is 0 Å². The molecule has 0 spiro atoms. The van der Waals surface area contributed by atoms with Crippen LogP contribution >= 0.6 is 11.3 Å². The molecule has 0 unspecified atom stereocenters.